The zero-order chi connectivity index (χ0) is 34.8. The lowest BCUT2D eigenvalue weighted by Gasteiger charge is -2.34. The number of aromatic nitrogens is 2. The molecule has 4 unspecified atom stereocenters. The number of hydrazine groups is 1. The number of benzene rings is 1. The Bertz CT molecular complexity index is 950. The summed E-state index contributed by atoms with van der Waals surface area (Å²) in [7, 11) is 3.44. The summed E-state index contributed by atoms with van der Waals surface area (Å²) in [6.07, 6.45) is 10.8. The van der Waals surface area contributed by atoms with Crippen LogP contribution in [0.1, 0.15) is 79.7 Å². The van der Waals surface area contributed by atoms with Crippen molar-refractivity contribution in [2.75, 3.05) is 33.6 Å². The number of aliphatic hydroxyl groups excluding tert-OH is 2. The van der Waals surface area contributed by atoms with Gasteiger partial charge < -0.3 is 35.2 Å². The second-order valence-corrected chi connectivity index (χ2v) is 11.1. The number of aliphatic hydroxyl groups is 2. The molecule has 0 radical (unpaired) electrons. The fourth-order valence-corrected chi connectivity index (χ4v) is 4.40. The number of rotatable bonds is 17. The van der Waals surface area contributed by atoms with E-state index >= 15 is 0 Å². The second kappa shape index (κ2) is 28.1. The summed E-state index contributed by atoms with van der Waals surface area (Å²) in [5, 5.41) is 20.2. The van der Waals surface area contributed by atoms with E-state index in [1.807, 2.05) is 60.8 Å². The molecule has 45 heavy (non-hydrogen) atoms. The molecule has 0 aliphatic rings. The highest BCUT2D eigenvalue weighted by atomic mass is 32.2. The number of ether oxygens (including phenoxy) is 1. The average Bonchev–Trinajstić information content (AvgIpc) is 3.56. The first-order valence-electron chi connectivity index (χ1n) is 15.9. The number of methoxy groups -OCH3 is 1. The SMILES string of the molecule is CC.CC(C)O.CCC.CCCC(C(O)C(OC)OSC)N(C)CC/C(N)=C/N(N)C(CF)Cc1ccc(-n2ccnc2)cc1. The van der Waals surface area contributed by atoms with E-state index < -0.39 is 25.1 Å². The normalized spacial score (nSPS) is 13.8. The molecule has 0 fully saturated rings. The smallest absolute Gasteiger partial charge is 0.197 e. The van der Waals surface area contributed by atoms with Crippen molar-refractivity contribution >= 4 is 12.0 Å². The number of likely N-dealkylation sites (N-methyl/N-ethyl adjacent to an activating group) is 1. The van der Waals surface area contributed by atoms with Crippen molar-refractivity contribution < 1.29 is 23.5 Å². The van der Waals surface area contributed by atoms with Crippen molar-refractivity contribution in [1.29, 1.82) is 0 Å². The molecule has 0 aliphatic carbocycles. The summed E-state index contributed by atoms with van der Waals surface area (Å²) < 4.78 is 26.5. The minimum Gasteiger partial charge on any atom is -0.401 e. The molecule has 0 saturated carbocycles. The van der Waals surface area contributed by atoms with Gasteiger partial charge in [-0.05, 0) is 63.5 Å². The Morgan fingerprint density at radius 3 is 2.18 bits per heavy atom. The van der Waals surface area contributed by atoms with E-state index in [0.717, 1.165) is 36.1 Å². The molecule has 0 bridgehead atoms. The van der Waals surface area contributed by atoms with Gasteiger partial charge in [-0.15, -0.1) is 0 Å². The predicted octanol–water partition coefficient (Wildman–Crippen LogP) is 5.68. The van der Waals surface area contributed by atoms with Gasteiger partial charge in [-0.1, -0.05) is 59.6 Å². The maximum atomic E-state index is 13.8. The molecule has 10 nitrogen and oxygen atoms in total. The first-order chi connectivity index (χ1) is 21.5. The van der Waals surface area contributed by atoms with Crippen LogP contribution in [-0.2, 0) is 15.3 Å². The van der Waals surface area contributed by atoms with Crippen molar-refractivity contribution in [3.63, 3.8) is 0 Å². The van der Waals surface area contributed by atoms with Gasteiger partial charge in [0.05, 0.1) is 12.4 Å². The van der Waals surface area contributed by atoms with Crippen LogP contribution in [0.4, 0.5) is 4.39 Å². The Balaban J connectivity index is 0. The van der Waals surface area contributed by atoms with Gasteiger partial charge in [0, 0.05) is 68.5 Å². The van der Waals surface area contributed by atoms with Gasteiger partial charge in [-0.3, -0.25) is 4.18 Å². The van der Waals surface area contributed by atoms with Crippen LogP contribution in [0.5, 0.6) is 0 Å². The molecule has 1 heterocycles. The Hall–Kier alpha value is -2.19. The van der Waals surface area contributed by atoms with Crippen LogP contribution in [0.2, 0.25) is 0 Å². The lowest BCUT2D eigenvalue weighted by atomic mass is 10.0. The maximum Gasteiger partial charge on any atom is 0.197 e. The molecular formula is C33H63FN6O4S. The Labute approximate surface area is 277 Å². The number of nitrogens with zero attached hydrogens (tertiary/aromatic N) is 4. The minimum atomic E-state index is -0.820. The lowest BCUT2D eigenvalue weighted by molar-refractivity contribution is -0.141. The Morgan fingerprint density at radius 2 is 1.73 bits per heavy atom. The zero-order valence-corrected chi connectivity index (χ0v) is 30.2. The highest BCUT2D eigenvalue weighted by Gasteiger charge is 2.31. The number of nitrogens with two attached hydrogens (primary N) is 2. The third-order valence-corrected chi connectivity index (χ3v) is 6.51. The summed E-state index contributed by atoms with van der Waals surface area (Å²) in [6, 6.07) is 7.14. The lowest BCUT2D eigenvalue weighted by Crippen LogP contribution is -2.48. The third-order valence-electron chi connectivity index (χ3n) is 6.13. The Morgan fingerprint density at radius 1 is 1.16 bits per heavy atom. The fourth-order valence-electron chi connectivity index (χ4n) is 4.02. The van der Waals surface area contributed by atoms with E-state index in [2.05, 4.69) is 25.8 Å². The molecular weight excluding hydrogens is 595 g/mol. The van der Waals surface area contributed by atoms with Crippen molar-refractivity contribution in [2.45, 2.75) is 111 Å². The number of alkyl halides is 1. The van der Waals surface area contributed by atoms with E-state index in [1.165, 1.54) is 18.5 Å². The van der Waals surface area contributed by atoms with Crippen molar-refractivity contribution in [3.05, 3.63) is 60.4 Å². The molecule has 2 rings (SSSR count). The van der Waals surface area contributed by atoms with E-state index in [4.69, 9.17) is 25.6 Å². The van der Waals surface area contributed by atoms with Crippen LogP contribution in [0.15, 0.2) is 54.9 Å². The van der Waals surface area contributed by atoms with Crippen LogP contribution in [0.3, 0.4) is 0 Å². The molecule has 0 aliphatic heterocycles. The molecule has 6 N–H and O–H groups in total. The molecule has 1 aromatic heterocycles. The first-order valence-corrected chi connectivity index (χ1v) is 17.0. The van der Waals surface area contributed by atoms with Gasteiger partial charge in [0.2, 0.25) is 0 Å². The number of imidazole rings is 1. The quantitative estimate of drug-likeness (QED) is 0.0728. The van der Waals surface area contributed by atoms with Crippen molar-refractivity contribution in [3.8, 4) is 5.69 Å². The molecule has 0 spiro atoms. The standard InChI is InChI=1S/C25H41FN6O3S.C3H8O.C3H8.C2H6/c1-5-6-23(24(33)25(34-3)35-36-4)30(2)13-11-20(27)17-32(28)22(16-26)15-19-7-9-21(10-8-19)31-14-12-29-18-31;1-3(2)4;1-3-2;1-2/h7-10,12,14,17-18,22-25,33H,5-6,11,13,15-16,27-28H2,1-4H3;3-4H,1-2H3;3H2,1-2H3;1-2H3/b20-17-;;;. The predicted molar refractivity (Wildman–Crippen MR) is 187 cm³/mol. The summed E-state index contributed by atoms with van der Waals surface area (Å²) in [5.41, 5.74) is 8.72. The zero-order valence-electron chi connectivity index (χ0n) is 29.4. The number of hydrogen-bond acceptors (Lipinski definition) is 10. The molecule has 1 aromatic carbocycles. The van der Waals surface area contributed by atoms with Crippen molar-refractivity contribution in [1.82, 2.24) is 19.5 Å². The fraction of sp³-hybridized carbons (Fsp3) is 0.667. The van der Waals surface area contributed by atoms with Crippen LogP contribution in [0, 0.1) is 0 Å². The van der Waals surface area contributed by atoms with Crippen LogP contribution in [-0.4, -0.2) is 93.9 Å². The molecule has 262 valence electrons. The largest absolute Gasteiger partial charge is 0.401 e. The summed E-state index contributed by atoms with van der Waals surface area (Å²) in [6.45, 7) is 13.7. The van der Waals surface area contributed by atoms with Gasteiger partial charge in [-0.2, -0.15) is 0 Å². The van der Waals surface area contributed by atoms with E-state index in [9.17, 15) is 9.50 Å². The van der Waals surface area contributed by atoms with Gasteiger partial charge in [0.1, 0.15) is 12.8 Å². The molecule has 2 aromatic rings. The van der Waals surface area contributed by atoms with Crippen LogP contribution in [0.25, 0.3) is 5.69 Å². The maximum absolute atomic E-state index is 13.8. The summed E-state index contributed by atoms with van der Waals surface area (Å²) >= 11 is 1.15. The summed E-state index contributed by atoms with van der Waals surface area (Å²) in [4.78, 5) is 6.09. The topological polar surface area (TPSA) is 135 Å². The van der Waals surface area contributed by atoms with Gasteiger partial charge in [-0.25, -0.2) is 15.2 Å². The van der Waals surface area contributed by atoms with Gasteiger partial charge >= 0.3 is 0 Å². The second-order valence-electron chi connectivity index (χ2n) is 10.5. The molecule has 4 atom stereocenters. The highest BCUT2D eigenvalue weighted by Crippen LogP contribution is 2.19. The van der Waals surface area contributed by atoms with Crippen LogP contribution >= 0.6 is 12.0 Å². The van der Waals surface area contributed by atoms with Gasteiger partial charge in [0.25, 0.3) is 0 Å². The van der Waals surface area contributed by atoms with E-state index in [-0.39, 0.29) is 12.1 Å². The van der Waals surface area contributed by atoms with E-state index in [0.29, 0.717) is 25.1 Å². The van der Waals surface area contributed by atoms with Crippen molar-refractivity contribution in [2.24, 2.45) is 11.6 Å². The molecule has 0 amide bonds. The monoisotopic (exact) mass is 658 g/mol. The number of halogens is 1. The highest BCUT2D eigenvalue weighted by molar-refractivity contribution is 7.93. The first kappa shape index (κ1) is 44.9. The number of hydrogen-bond donors (Lipinski definition) is 4. The average molecular weight is 659 g/mol. The Kier molecular flexibility index (Phi) is 28.0. The molecule has 0 saturated heterocycles. The van der Waals surface area contributed by atoms with Crippen LogP contribution < -0.4 is 11.6 Å². The third kappa shape index (κ3) is 19.8. The van der Waals surface area contributed by atoms with Gasteiger partial charge in [0.15, 0.2) is 6.29 Å². The summed E-state index contributed by atoms with van der Waals surface area (Å²) in [5.74, 6) is 6.17. The van der Waals surface area contributed by atoms with E-state index in [1.54, 1.807) is 38.8 Å². The molecule has 12 heteroatoms. The minimum absolute atomic E-state index is 0.167.